The summed E-state index contributed by atoms with van der Waals surface area (Å²) in [5.74, 6) is 0.837. The molecule has 32 heavy (non-hydrogen) atoms. The van der Waals surface area contributed by atoms with Crippen LogP contribution in [-0.4, -0.2) is 5.78 Å². The molecular weight excluding hydrogens is 392 g/mol. The summed E-state index contributed by atoms with van der Waals surface area (Å²) in [6.07, 6.45) is 14.3. The predicted octanol–water partition coefficient (Wildman–Crippen LogP) is 8.30. The monoisotopic (exact) mass is 424 g/mol. The number of hydrogen-bond acceptors (Lipinski definition) is 2. The molecule has 0 amide bonds. The van der Waals surface area contributed by atoms with Gasteiger partial charge in [0.05, 0.1) is 12.5 Å². The van der Waals surface area contributed by atoms with E-state index in [0.29, 0.717) is 18.1 Å². The fourth-order valence-electron chi connectivity index (χ4n) is 5.73. The minimum atomic E-state index is 0.299. The Morgan fingerprint density at radius 3 is 2.72 bits per heavy atom. The summed E-state index contributed by atoms with van der Waals surface area (Å²) in [5, 5.41) is 0. The minimum absolute atomic E-state index is 0.299. The molecule has 1 aromatic heterocycles. The van der Waals surface area contributed by atoms with E-state index in [2.05, 4.69) is 50.3 Å². The van der Waals surface area contributed by atoms with Crippen LogP contribution in [0, 0.1) is 0 Å². The van der Waals surface area contributed by atoms with Gasteiger partial charge in [0, 0.05) is 17.5 Å². The van der Waals surface area contributed by atoms with Crippen molar-refractivity contribution in [1.29, 1.82) is 0 Å². The molecule has 2 nitrogen and oxygen atoms in total. The van der Waals surface area contributed by atoms with Gasteiger partial charge in [0.25, 0.3) is 0 Å². The average Bonchev–Trinajstić information content (AvgIpc) is 3.45. The molecule has 1 atom stereocenters. The lowest BCUT2D eigenvalue weighted by Gasteiger charge is -2.20. The van der Waals surface area contributed by atoms with Crippen molar-refractivity contribution in [3.8, 4) is 22.3 Å². The minimum Gasteiger partial charge on any atom is -0.472 e. The molecule has 0 bridgehead atoms. The second kappa shape index (κ2) is 8.94. The van der Waals surface area contributed by atoms with Gasteiger partial charge in [-0.15, -0.1) is 0 Å². The molecule has 0 fully saturated rings. The third kappa shape index (κ3) is 3.77. The normalized spacial score (nSPS) is 17.6. The standard InChI is InChI=1S/C30H32O2/c1-3-5-20(4-2)6-7-21-8-9-22-10-13-26-27(14-15-29(26)31)30(22)28-18-23(11-12-25(21)28)24-16-17-32-19-24/h5,10-13,16-19,21H,3-4,6-9,14-15H2,1-2H3/b20-5-. The van der Waals surface area contributed by atoms with E-state index in [-0.39, 0.29) is 0 Å². The van der Waals surface area contributed by atoms with Crippen LogP contribution in [0.3, 0.4) is 0 Å². The molecule has 1 unspecified atom stereocenters. The number of hydrogen-bond donors (Lipinski definition) is 0. The van der Waals surface area contributed by atoms with Gasteiger partial charge in [0.1, 0.15) is 0 Å². The predicted molar refractivity (Wildman–Crippen MR) is 131 cm³/mol. The summed E-state index contributed by atoms with van der Waals surface area (Å²) < 4.78 is 5.37. The number of ketones is 1. The van der Waals surface area contributed by atoms with Crippen molar-refractivity contribution in [2.45, 2.75) is 71.1 Å². The van der Waals surface area contributed by atoms with E-state index in [0.717, 1.165) is 36.8 Å². The zero-order valence-electron chi connectivity index (χ0n) is 19.2. The highest BCUT2D eigenvalue weighted by Crippen LogP contribution is 2.46. The number of allylic oxidation sites excluding steroid dienone is 2. The first-order valence-electron chi connectivity index (χ1n) is 12.2. The highest BCUT2D eigenvalue weighted by molar-refractivity contribution is 6.03. The van der Waals surface area contributed by atoms with Gasteiger partial charge in [-0.2, -0.15) is 0 Å². The van der Waals surface area contributed by atoms with Gasteiger partial charge in [-0.1, -0.05) is 49.8 Å². The lowest BCUT2D eigenvalue weighted by atomic mass is 9.84. The Kier molecular flexibility index (Phi) is 5.87. The number of fused-ring (bicyclic) bond motifs is 5. The van der Waals surface area contributed by atoms with Gasteiger partial charge in [-0.25, -0.2) is 0 Å². The van der Waals surface area contributed by atoms with Crippen LogP contribution in [0.2, 0.25) is 0 Å². The number of carbonyl (C=O) groups excluding carboxylic acids is 1. The number of carbonyl (C=O) groups is 1. The van der Waals surface area contributed by atoms with E-state index >= 15 is 0 Å². The lowest BCUT2D eigenvalue weighted by molar-refractivity contribution is 0.0994. The summed E-state index contributed by atoms with van der Waals surface area (Å²) in [6.45, 7) is 4.50. The number of Topliss-reactive ketones (excluding diaryl/α,β-unsaturated/α-hetero) is 1. The topological polar surface area (TPSA) is 30.2 Å². The molecule has 2 aromatic carbocycles. The highest BCUT2D eigenvalue weighted by Gasteiger charge is 2.29. The number of furan rings is 1. The maximum atomic E-state index is 12.5. The third-order valence-electron chi connectivity index (χ3n) is 7.44. The van der Waals surface area contributed by atoms with Crippen molar-refractivity contribution in [3.05, 3.63) is 82.8 Å². The maximum absolute atomic E-state index is 12.5. The van der Waals surface area contributed by atoms with Crippen molar-refractivity contribution in [3.63, 3.8) is 0 Å². The van der Waals surface area contributed by atoms with E-state index in [9.17, 15) is 4.79 Å². The quantitative estimate of drug-likeness (QED) is 0.373. The first-order chi connectivity index (χ1) is 15.7. The van der Waals surface area contributed by atoms with Crippen molar-refractivity contribution in [1.82, 2.24) is 0 Å². The van der Waals surface area contributed by atoms with Crippen LogP contribution < -0.4 is 0 Å². The Hall–Kier alpha value is -2.87. The van der Waals surface area contributed by atoms with Crippen LogP contribution in [0.15, 0.2) is 65.0 Å². The molecule has 0 saturated carbocycles. The first-order valence-corrected chi connectivity index (χ1v) is 12.2. The molecule has 0 N–H and O–H groups in total. The second-order valence-corrected chi connectivity index (χ2v) is 9.26. The fourth-order valence-corrected chi connectivity index (χ4v) is 5.73. The molecule has 0 radical (unpaired) electrons. The Morgan fingerprint density at radius 1 is 1.03 bits per heavy atom. The molecule has 164 valence electrons. The Morgan fingerprint density at radius 2 is 1.94 bits per heavy atom. The Bertz CT molecular complexity index is 1160. The average molecular weight is 425 g/mol. The number of rotatable bonds is 6. The van der Waals surface area contributed by atoms with Crippen molar-refractivity contribution in [2.24, 2.45) is 0 Å². The Balaban J connectivity index is 1.62. The number of benzene rings is 2. The molecule has 5 rings (SSSR count). The maximum Gasteiger partial charge on any atom is 0.163 e. The van der Waals surface area contributed by atoms with Crippen molar-refractivity contribution in [2.75, 3.05) is 0 Å². The van der Waals surface area contributed by atoms with Crippen molar-refractivity contribution >= 4 is 5.78 Å². The van der Waals surface area contributed by atoms with Crippen LogP contribution in [0.1, 0.15) is 85.3 Å². The summed E-state index contributed by atoms with van der Waals surface area (Å²) >= 11 is 0. The van der Waals surface area contributed by atoms with Gasteiger partial charge in [0.2, 0.25) is 0 Å². The lowest BCUT2D eigenvalue weighted by Crippen LogP contribution is -2.01. The molecule has 2 aliphatic carbocycles. The molecule has 2 heteroatoms. The molecule has 1 heterocycles. The molecule has 2 aliphatic rings. The van der Waals surface area contributed by atoms with E-state index in [1.165, 1.54) is 52.6 Å². The highest BCUT2D eigenvalue weighted by atomic mass is 16.3. The molecule has 0 spiro atoms. The number of aryl methyl sites for hydroxylation is 1. The zero-order valence-corrected chi connectivity index (χ0v) is 19.2. The first kappa shape index (κ1) is 21.0. The van der Waals surface area contributed by atoms with Crippen LogP contribution >= 0.6 is 0 Å². The van der Waals surface area contributed by atoms with E-state index in [1.807, 2.05) is 12.3 Å². The zero-order chi connectivity index (χ0) is 22.1. The third-order valence-corrected chi connectivity index (χ3v) is 7.44. The Labute approximate surface area is 191 Å². The van der Waals surface area contributed by atoms with E-state index in [1.54, 1.807) is 11.8 Å². The summed E-state index contributed by atoms with van der Waals surface area (Å²) in [6, 6.07) is 13.3. The largest absolute Gasteiger partial charge is 0.472 e. The summed E-state index contributed by atoms with van der Waals surface area (Å²) in [4.78, 5) is 12.5. The molecule has 3 aromatic rings. The van der Waals surface area contributed by atoms with Crippen LogP contribution in [0.4, 0.5) is 0 Å². The SMILES string of the molecule is CC/C=C(/CC)CCC1CCc2ccc3c(c2-c2cc(-c4ccoc4)ccc21)CCC3=O. The van der Waals surface area contributed by atoms with Gasteiger partial charge >= 0.3 is 0 Å². The fraction of sp³-hybridized carbons (Fsp3) is 0.367. The molecular formula is C30H32O2. The second-order valence-electron chi connectivity index (χ2n) is 9.26. The molecule has 0 saturated heterocycles. The van der Waals surface area contributed by atoms with Gasteiger partial charge in [-0.05, 0) is 96.4 Å². The van der Waals surface area contributed by atoms with Crippen molar-refractivity contribution < 1.29 is 9.21 Å². The van der Waals surface area contributed by atoms with E-state index in [4.69, 9.17) is 4.42 Å². The summed E-state index contributed by atoms with van der Waals surface area (Å²) in [5.41, 5.74) is 11.6. The van der Waals surface area contributed by atoms with Crippen LogP contribution in [-0.2, 0) is 12.8 Å². The van der Waals surface area contributed by atoms with Crippen LogP contribution in [0.25, 0.3) is 22.3 Å². The van der Waals surface area contributed by atoms with Gasteiger partial charge in [-0.3, -0.25) is 4.79 Å². The van der Waals surface area contributed by atoms with Gasteiger partial charge in [0.15, 0.2) is 5.78 Å². The molecule has 0 aliphatic heterocycles. The van der Waals surface area contributed by atoms with Gasteiger partial charge < -0.3 is 4.42 Å². The smallest absolute Gasteiger partial charge is 0.163 e. The van der Waals surface area contributed by atoms with Crippen LogP contribution in [0.5, 0.6) is 0 Å². The van der Waals surface area contributed by atoms with E-state index < -0.39 is 0 Å². The summed E-state index contributed by atoms with van der Waals surface area (Å²) in [7, 11) is 0.